The molecule has 0 unspecified atom stereocenters. The van der Waals surface area contributed by atoms with Crippen molar-refractivity contribution in [2.75, 3.05) is 0 Å². The van der Waals surface area contributed by atoms with Crippen LogP contribution in [0.4, 0.5) is 17.6 Å². The van der Waals surface area contributed by atoms with E-state index in [-0.39, 0.29) is 88.7 Å². The number of carboxylic acid groups (broad SMARTS) is 4. The zero-order chi connectivity index (χ0) is 18.9. The number of carboxylic acids is 4. The molecule has 0 fully saturated rings. The van der Waals surface area contributed by atoms with E-state index in [1.165, 1.54) is 0 Å². The van der Waals surface area contributed by atoms with E-state index in [1.54, 1.807) is 0 Å². The minimum atomic E-state index is -4.67. The van der Waals surface area contributed by atoms with Gasteiger partial charge in [0.05, 0.1) is 0 Å². The number of hydrogen-bond acceptors (Lipinski definition) is 7. The average molecular weight is 408 g/mol. The van der Waals surface area contributed by atoms with Crippen LogP contribution in [-0.4, -0.2) is 63.5 Å². The van der Waals surface area contributed by atoms with Crippen molar-refractivity contribution in [2.24, 2.45) is 0 Å². The molecule has 0 saturated carbocycles. The van der Waals surface area contributed by atoms with E-state index in [9.17, 15) is 36.7 Å². The third-order valence-electron chi connectivity index (χ3n) is 1.07. The second kappa shape index (κ2) is 17.9. The summed E-state index contributed by atoms with van der Waals surface area (Å²) in [5.74, 6) is -20.0. The van der Waals surface area contributed by atoms with Crippen LogP contribution >= 0.6 is 0 Å². The molecule has 0 aromatic rings. The van der Waals surface area contributed by atoms with Gasteiger partial charge in [0.2, 0.25) is 0 Å². The molecule has 0 saturated heterocycles. The molecule has 0 aromatic carbocycles. The minimum Gasteiger partial charge on any atom is -0.907 e. The van der Waals surface area contributed by atoms with Gasteiger partial charge in [-0.15, -0.1) is 0 Å². The van der Waals surface area contributed by atoms with E-state index < -0.39 is 43.0 Å². The molecule has 0 rings (SSSR count). The Morgan fingerprint density at radius 2 is 0.680 bits per heavy atom. The summed E-state index contributed by atoms with van der Waals surface area (Å²) >= 11 is 0. The maximum Gasteiger partial charge on any atom is 1.00 e. The van der Waals surface area contributed by atoms with E-state index in [2.05, 4.69) is 0 Å². The van der Waals surface area contributed by atoms with Crippen molar-refractivity contribution in [2.45, 2.75) is 11.8 Å². The molecule has 0 bridgehead atoms. The summed E-state index contributed by atoms with van der Waals surface area (Å²) < 4.78 is 45.9. The molecule has 4 N–H and O–H groups in total. The van der Waals surface area contributed by atoms with Crippen LogP contribution in [0, 0.1) is 0 Å². The van der Waals surface area contributed by atoms with E-state index in [1.807, 2.05) is 0 Å². The summed E-state index contributed by atoms with van der Waals surface area (Å²) in [5.41, 5.74) is 0. The van der Waals surface area contributed by atoms with Gasteiger partial charge in [-0.25, -0.2) is 19.2 Å². The Labute approximate surface area is 202 Å². The number of halogens is 4. The molecule has 0 aliphatic heterocycles. The standard InChI is InChI=1S/2C3H2F2O4.BO3.3Na/c2*4-3(5,1(6)7)2(8)9;2-1(3)4;;;/h2*(H,6,7)(H,8,9);;;;/q;;-3;3*+1. The molecule has 0 atom stereocenters. The second-order valence-electron chi connectivity index (χ2n) is 2.66. The molecule has 0 radical (unpaired) electrons. The van der Waals surface area contributed by atoms with Crippen LogP contribution in [0.5, 0.6) is 0 Å². The van der Waals surface area contributed by atoms with E-state index in [4.69, 9.17) is 35.5 Å². The summed E-state index contributed by atoms with van der Waals surface area (Å²) in [6.45, 7) is 0. The zero-order valence-corrected chi connectivity index (χ0v) is 18.7. The third kappa shape index (κ3) is 20.7. The fourth-order valence-electron chi connectivity index (χ4n) is 0.183. The van der Waals surface area contributed by atoms with Crippen molar-refractivity contribution >= 4 is 31.2 Å². The van der Waals surface area contributed by atoms with Gasteiger partial charge in [0.15, 0.2) is 0 Å². The first-order valence-electron chi connectivity index (χ1n) is 4.17. The third-order valence-corrected chi connectivity index (χ3v) is 1.07. The topological polar surface area (TPSA) is 218 Å². The Morgan fingerprint density at radius 1 is 0.600 bits per heavy atom. The molecular weight excluding hydrogens is 404 g/mol. The quantitative estimate of drug-likeness (QED) is 0.194. The first kappa shape index (κ1) is 40.3. The van der Waals surface area contributed by atoms with E-state index in [0.29, 0.717) is 0 Å². The summed E-state index contributed by atoms with van der Waals surface area (Å²) in [5, 5.41) is 55.2. The molecule has 0 aliphatic carbocycles. The van der Waals surface area contributed by atoms with Crippen LogP contribution in [0.2, 0.25) is 0 Å². The molecule has 0 aromatic heterocycles. The van der Waals surface area contributed by atoms with Crippen molar-refractivity contribution in [3.8, 4) is 0 Å². The van der Waals surface area contributed by atoms with Gasteiger partial charge in [0.25, 0.3) is 0 Å². The largest absolute Gasteiger partial charge is 1.00 e. The van der Waals surface area contributed by atoms with Crippen molar-refractivity contribution < 1.29 is 161 Å². The molecule has 25 heavy (non-hydrogen) atoms. The predicted molar refractivity (Wildman–Crippen MR) is 46.2 cm³/mol. The average Bonchev–Trinajstić information content (AvgIpc) is 2.27. The Balaban J connectivity index is -0.0000000543. The Bertz CT molecular complexity index is 365. The molecule has 0 heterocycles. The van der Waals surface area contributed by atoms with Gasteiger partial charge in [0.1, 0.15) is 0 Å². The molecule has 19 heteroatoms. The van der Waals surface area contributed by atoms with E-state index >= 15 is 0 Å². The van der Waals surface area contributed by atoms with Gasteiger partial charge in [-0.3, -0.25) is 7.32 Å². The van der Waals surface area contributed by atoms with Crippen molar-refractivity contribution in [1.82, 2.24) is 0 Å². The van der Waals surface area contributed by atoms with Gasteiger partial charge >= 0.3 is 124 Å². The van der Waals surface area contributed by atoms with Gasteiger partial charge in [-0.05, 0) is 0 Å². The van der Waals surface area contributed by atoms with Crippen LogP contribution in [-0.2, 0) is 19.2 Å². The van der Waals surface area contributed by atoms with Crippen LogP contribution in [0.25, 0.3) is 0 Å². The van der Waals surface area contributed by atoms with E-state index in [0.717, 1.165) is 0 Å². The van der Waals surface area contributed by atoms with Gasteiger partial charge in [-0.1, -0.05) is 0 Å². The molecule has 0 amide bonds. The number of rotatable bonds is 4. The predicted octanol–water partition coefficient (Wildman–Crippen LogP) is -13.4. The summed E-state index contributed by atoms with van der Waals surface area (Å²) in [6.07, 6.45) is 0. The fraction of sp³-hybridized carbons (Fsp3) is 0.333. The monoisotopic (exact) mass is 408 g/mol. The number of carbonyl (C=O) groups is 4. The Kier molecular flexibility index (Phi) is 28.9. The van der Waals surface area contributed by atoms with Crippen LogP contribution < -0.4 is 104 Å². The molecule has 0 aliphatic rings. The van der Waals surface area contributed by atoms with Gasteiger partial charge in [-0.2, -0.15) is 17.6 Å². The molecular formula is C6H4BF4Na3O11. The van der Waals surface area contributed by atoms with Crippen molar-refractivity contribution in [3.63, 3.8) is 0 Å². The van der Waals surface area contributed by atoms with Crippen molar-refractivity contribution in [3.05, 3.63) is 0 Å². The second-order valence-corrected chi connectivity index (χ2v) is 2.66. The molecule has 11 nitrogen and oxygen atoms in total. The summed E-state index contributed by atoms with van der Waals surface area (Å²) in [6, 6.07) is 0. The first-order chi connectivity index (χ1) is 9.51. The van der Waals surface area contributed by atoms with Crippen molar-refractivity contribution in [1.29, 1.82) is 0 Å². The van der Waals surface area contributed by atoms with Gasteiger partial charge in [0, 0.05) is 0 Å². The van der Waals surface area contributed by atoms with Crippen LogP contribution in [0.15, 0.2) is 0 Å². The first-order valence-corrected chi connectivity index (χ1v) is 4.17. The molecule has 0 spiro atoms. The van der Waals surface area contributed by atoms with Crippen LogP contribution in [0.3, 0.4) is 0 Å². The SMILES string of the molecule is O=C(O)C(F)(F)C(=O)O.O=C(O)C(F)(F)C(=O)O.[Na+].[Na+].[Na+].[O-]B([O-])[O-]. The van der Waals surface area contributed by atoms with Crippen LogP contribution in [0.1, 0.15) is 0 Å². The zero-order valence-electron chi connectivity index (χ0n) is 12.7. The minimum absolute atomic E-state index is 0. The Hall–Kier alpha value is 0.545. The van der Waals surface area contributed by atoms with Gasteiger partial charge < -0.3 is 35.5 Å². The normalized spacial score (nSPS) is 8.92. The fourth-order valence-corrected chi connectivity index (χ4v) is 0.183. The molecule has 128 valence electrons. The number of aliphatic carboxylic acids is 4. The smallest absolute Gasteiger partial charge is 0.907 e. The number of hydrogen-bond donors (Lipinski definition) is 4. The summed E-state index contributed by atoms with van der Waals surface area (Å²) in [7, 11) is -2.92. The maximum atomic E-state index is 11.5. The number of alkyl halides is 4. The Morgan fingerprint density at radius 3 is 0.680 bits per heavy atom. The maximum absolute atomic E-state index is 11.5. The summed E-state index contributed by atoms with van der Waals surface area (Å²) in [4.78, 5) is 37.3.